The smallest absolute Gasteiger partial charge is 0.162 e. The molecule has 0 unspecified atom stereocenters. The van der Waals surface area contributed by atoms with Crippen LogP contribution in [-0.2, 0) is 4.74 Å². The van der Waals surface area contributed by atoms with Crippen LogP contribution in [0.2, 0.25) is 0 Å². The zero-order chi connectivity index (χ0) is 19.2. The van der Waals surface area contributed by atoms with E-state index >= 15 is 0 Å². The van der Waals surface area contributed by atoms with E-state index in [1.165, 1.54) is 0 Å². The minimum atomic E-state index is 0.224. The van der Waals surface area contributed by atoms with Gasteiger partial charge in [0.25, 0.3) is 0 Å². The number of benzene rings is 2. The molecule has 0 radical (unpaired) electrons. The molecule has 0 aromatic heterocycles. The van der Waals surface area contributed by atoms with Gasteiger partial charge in [0.05, 0.1) is 0 Å². The number of hydrogen-bond acceptors (Lipinski definition) is 3. The van der Waals surface area contributed by atoms with E-state index in [1.54, 1.807) is 0 Å². The molecule has 0 aliphatic rings. The Bertz CT molecular complexity index is 605. The van der Waals surface area contributed by atoms with E-state index in [2.05, 4.69) is 0 Å². The van der Waals surface area contributed by atoms with Crippen LogP contribution in [0.4, 0.5) is 0 Å². The van der Waals surface area contributed by atoms with Gasteiger partial charge in [0.2, 0.25) is 0 Å². The quantitative estimate of drug-likeness (QED) is 0.309. The van der Waals surface area contributed by atoms with Crippen molar-refractivity contribution in [2.45, 2.75) is 51.4 Å². The van der Waals surface area contributed by atoms with Crippen LogP contribution in [0, 0.1) is 0 Å². The topological polar surface area (TPSA) is 43.4 Å². The summed E-state index contributed by atoms with van der Waals surface area (Å²) in [4.78, 5) is 23.9. The van der Waals surface area contributed by atoms with Gasteiger partial charge in [-0.1, -0.05) is 73.5 Å². The number of carbonyl (C=O) groups is 2. The fraction of sp³-hybridized carbons (Fsp3) is 0.417. The van der Waals surface area contributed by atoms with Gasteiger partial charge in [-0.2, -0.15) is 0 Å². The number of Topliss-reactive ketones (excluding diaryl/α,β-unsaturated/α-hetero) is 2. The molecule has 3 heteroatoms. The van der Waals surface area contributed by atoms with E-state index in [1.807, 2.05) is 60.7 Å². The summed E-state index contributed by atoms with van der Waals surface area (Å²) in [5.74, 6) is 0.447. The highest BCUT2D eigenvalue weighted by molar-refractivity contribution is 5.96. The van der Waals surface area contributed by atoms with Crippen LogP contribution >= 0.6 is 0 Å². The first-order valence-corrected chi connectivity index (χ1v) is 10.0. The van der Waals surface area contributed by atoms with Crippen LogP contribution in [0.15, 0.2) is 60.7 Å². The molecule has 144 valence electrons. The van der Waals surface area contributed by atoms with Crippen LogP contribution in [0.3, 0.4) is 0 Å². The maximum absolute atomic E-state index is 12.0. The summed E-state index contributed by atoms with van der Waals surface area (Å²) in [5, 5.41) is 0. The van der Waals surface area contributed by atoms with Gasteiger partial charge in [0.15, 0.2) is 11.6 Å². The Morgan fingerprint density at radius 2 is 0.963 bits per heavy atom. The number of rotatable bonds is 14. The van der Waals surface area contributed by atoms with Gasteiger partial charge in [-0.3, -0.25) is 9.59 Å². The third-order valence-electron chi connectivity index (χ3n) is 4.58. The van der Waals surface area contributed by atoms with E-state index < -0.39 is 0 Å². The third kappa shape index (κ3) is 8.78. The van der Waals surface area contributed by atoms with Crippen molar-refractivity contribution in [2.75, 3.05) is 13.2 Å². The molecular formula is C24H30O3. The Kier molecular flexibility index (Phi) is 10.1. The second-order valence-corrected chi connectivity index (χ2v) is 6.81. The van der Waals surface area contributed by atoms with Crippen molar-refractivity contribution in [1.29, 1.82) is 0 Å². The molecule has 0 spiro atoms. The molecular weight excluding hydrogens is 336 g/mol. The largest absolute Gasteiger partial charge is 0.381 e. The molecule has 0 saturated carbocycles. The van der Waals surface area contributed by atoms with Gasteiger partial charge in [0.1, 0.15) is 0 Å². The van der Waals surface area contributed by atoms with Crippen molar-refractivity contribution in [2.24, 2.45) is 0 Å². The summed E-state index contributed by atoms with van der Waals surface area (Å²) in [6.45, 7) is 1.50. The number of ketones is 2. The van der Waals surface area contributed by atoms with Crippen LogP contribution in [-0.4, -0.2) is 24.8 Å². The summed E-state index contributed by atoms with van der Waals surface area (Å²) >= 11 is 0. The molecule has 0 fully saturated rings. The SMILES string of the molecule is O=C(CCCCCOCCCCCC(=O)c1ccccc1)c1ccccc1. The molecule has 0 saturated heterocycles. The summed E-state index contributed by atoms with van der Waals surface area (Å²) in [6, 6.07) is 19.0. The summed E-state index contributed by atoms with van der Waals surface area (Å²) < 4.78 is 5.65. The van der Waals surface area contributed by atoms with Crippen molar-refractivity contribution in [3.63, 3.8) is 0 Å². The maximum Gasteiger partial charge on any atom is 0.162 e. The number of ether oxygens (including phenoxy) is 1. The lowest BCUT2D eigenvalue weighted by Gasteiger charge is -2.05. The fourth-order valence-electron chi connectivity index (χ4n) is 2.97. The van der Waals surface area contributed by atoms with Crippen molar-refractivity contribution in [3.8, 4) is 0 Å². The first-order chi connectivity index (χ1) is 13.3. The van der Waals surface area contributed by atoms with Crippen LogP contribution < -0.4 is 0 Å². The zero-order valence-corrected chi connectivity index (χ0v) is 16.1. The average Bonchev–Trinajstić information content (AvgIpc) is 2.73. The van der Waals surface area contributed by atoms with Crippen molar-refractivity contribution in [3.05, 3.63) is 71.8 Å². The predicted molar refractivity (Wildman–Crippen MR) is 109 cm³/mol. The lowest BCUT2D eigenvalue weighted by atomic mass is 10.0. The Morgan fingerprint density at radius 3 is 1.37 bits per heavy atom. The van der Waals surface area contributed by atoms with E-state index in [0.29, 0.717) is 12.8 Å². The van der Waals surface area contributed by atoms with Gasteiger partial charge in [-0.15, -0.1) is 0 Å². The summed E-state index contributed by atoms with van der Waals surface area (Å²) in [5.41, 5.74) is 1.61. The Morgan fingerprint density at radius 1 is 0.556 bits per heavy atom. The normalized spacial score (nSPS) is 10.7. The molecule has 0 amide bonds. The van der Waals surface area contributed by atoms with Crippen molar-refractivity contribution >= 4 is 11.6 Å². The van der Waals surface area contributed by atoms with Gasteiger partial charge in [0, 0.05) is 37.2 Å². The van der Waals surface area contributed by atoms with E-state index in [-0.39, 0.29) is 11.6 Å². The fourth-order valence-corrected chi connectivity index (χ4v) is 2.97. The molecule has 0 aliphatic carbocycles. The summed E-state index contributed by atoms with van der Waals surface area (Å²) in [6.07, 6.45) is 7.08. The van der Waals surface area contributed by atoms with E-state index in [4.69, 9.17) is 4.74 Å². The average molecular weight is 367 g/mol. The van der Waals surface area contributed by atoms with Gasteiger partial charge in [-0.25, -0.2) is 0 Å². The van der Waals surface area contributed by atoms with Gasteiger partial charge < -0.3 is 4.74 Å². The molecule has 0 heterocycles. The van der Waals surface area contributed by atoms with Crippen LogP contribution in [0.1, 0.15) is 72.1 Å². The minimum Gasteiger partial charge on any atom is -0.381 e. The minimum absolute atomic E-state index is 0.224. The molecule has 0 N–H and O–H groups in total. The molecule has 0 atom stereocenters. The van der Waals surface area contributed by atoms with Crippen molar-refractivity contribution in [1.82, 2.24) is 0 Å². The first kappa shape index (κ1) is 21.0. The van der Waals surface area contributed by atoms with E-state index in [9.17, 15) is 9.59 Å². The van der Waals surface area contributed by atoms with Crippen molar-refractivity contribution < 1.29 is 14.3 Å². The monoisotopic (exact) mass is 366 g/mol. The molecule has 0 aliphatic heterocycles. The number of carbonyl (C=O) groups excluding carboxylic acids is 2. The molecule has 2 rings (SSSR count). The van der Waals surface area contributed by atoms with E-state index in [0.717, 1.165) is 62.9 Å². The highest BCUT2D eigenvalue weighted by atomic mass is 16.5. The zero-order valence-electron chi connectivity index (χ0n) is 16.1. The first-order valence-electron chi connectivity index (χ1n) is 10.0. The second-order valence-electron chi connectivity index (χ2n) is 6.81. The number of unbranched alkanes of at least 4 members (excludes halogenated alkanes) is 4. The molecule has 0 bridgehead atoms. The van der Waals surface area contributed by atoms with Gasteiger partial charge >= 0.3 is 0 Å². The lowest BCUT2D eigenvalue weighted by Crippen LogP contribution is -2.01. The highest BCUT2D eigenvalue weighted by Gasteiger charge is 2.05. The van der Waals surface area contributed by atoms with Crippen LogP contribution in [0.25, 0.3) is 0 Å². The third-order valence-corrected chi connectivity index (χ3v) is 4.58. The Balaban J connectivity index is 1.39. The number of hydrogen-bond donors (Lipinski definition) is 0. The molecule has 3 nitrogen and oxygen atoms in total. The predicted octanol–water partition coefficient (Wildman–Crippen LogP) is 5.89. The Labute approximate surface area is 162 Å². The maximum atomic E-state index is 12.0. The molecule has 2 aromatic carbocycles. The van der Waals surface area contributed by atoms with Crippen LogP contribution in [0.5, 0.6) is 0 Å². The highest BCUT2D eigenvalue weighted by Crippen LogP contribution is 2.10. The summed E-state index contributed by atoms with van der Waals surface area (Å²) in [7, 11) is 0. The second kappa shape index (κ2) is 13.0. The standard InChI is InChI=1S/C24H30O3/c25-23(21-13-5-1-6-14-21)17-9-3-11-19-27-20-12-4-10-18-24(26)22-15-7-2-8-16-22/h1-2,5-8,13-16H,3-4,9-12,17-20H2. The lowest BCUT2D eigenvalue weighted by molar-refractivity contribution is 0.0971. The molecule has 27 heavy (non-hydrogen) atoms. The molecule has 2 aromatic rings. The Hall–Kier alpha value is -2.26. The van der Waals surface area contributed by atoms with Gasteiger partial charge in [-0.05, 0) is 25.7 Å².